The quantitative estimate of drug-likeness (QED) is 0.690. The Hall–Kier alpha value is -2.39. The van der Waals surface area contributed by atoms with Crippen LogP contribution in [-0.4, -0.2) is 28.6 Å². The van der Waals surface area contributed by atoms with E-state index in [-0.39, 0.29) is 33.1 Å². The van der Waals surface area contributed by atoms with Gasteiger partial charge in [0, 0.05) is 0 Å². The number of urea groups is 1. The topological polar surface area (TPSA) is 115 Å². The average Bonchev–Trinajstić information content (AvgIpc) is 2.66. The van der Waals surface area contributed by atoms with Crippen molar-refractivity contribution in [2.75, 3.05) is 10.1 Å². The van der Waals surface area contributed by atoms with Gasteiger partial charge >= 0.3 is 6.03 Å². The number of para-hydroxylation sites is 1. The van der Waals surface area contributed by atoms with Crippen molar-refractivity contribution < 1.29 is 21.6 Å². The van der Waals surface area contributed by atoms with Crippen molar-refractivity contribution in [2.45, 2.75) is 69.1 Å². The minimum Gasteiger partial charge on any atom is -0.350 e. The molecule has 1 aliphatic rings. The highest BCUT2D eigenvalue weighted by Gasteiger charge is 2.36. The van der Waals surface area contributed by atoms with Crippen molar-refractivity contribution in [1.82, 2.24) is 0 Å². The van der Waals surface area contributed by atoms with Crippen molar-refractivity contribution >= 4 is 31.6 Å². The lowest BCUT2D eigenvalue weighted by molar-refractivity contribution is 0.257. The minimum absolute atomic E-state index is 0.0126. The first kappa shape index (κ1) is 24.3. The highest BCUT2D eigenvalue weighted by atomic mass is 32.2. The van der Waals surface area contributed by atoms with Gasteiger partial charge in [-0.2, -0.15) is 4.31 Å². The molecule has 0 fully saturated rings. The molecular formula is C23H30N2O5S2. The molecule has 174 valence electrons. The Kier molecular flexibility index (Phi) is 6.45. The summed E-state index contributed by atoms with van der Waals surface area (Å²) in [5, 5.41) is 0. The fourth-order valence-electron chi connectivity index (χ4n) is 4.25. The molecule has 7 nitrogen and oxygen atoms in total. The molecule has 32 heavy (non-hydrogen) atoms. The number of nitrogens with two attached hydrogens (primary N) is 1. The van der Waals surface area contributed by atoms with Crippen LogP contribution in [0.5, 0.6) is 0 Å². The van der Waals surface area contributed by atoms with Gasteiger partial charge in [-0.05, 0) is 59.9 Å². The van der Waals surface area contributed by atoms with E-state index in [9.17, 15) is 21.6 Å². The summed E-state index contributed by atoms with van der Waals surface area (Å²) in [5.74, 6) is -0.188. The Bertz CT molecular complexity index is 1250. The van der Waals surface area contributed by atoms with Gasteiger partial charge < -0.3 is 5.73 Å². The first-order chi connectivity index (χ1) is 14.8. The predicted octanol–water partition coefficient (Wildman–Crippen LogP) is 4.24. The maximum absolute atomic E-state index is 13.9. The Morgan fingerprint density at radius 1 is 1.06 bits per heavy atom. The van der Waals surface area contributed by atoms with Gasteiger partial charge in [0.1, 0.15) is 0 Å². The Morgan fingerprint density at radius 3 is 2.12 bits per heavy atom. The van der Waals surface area contributed by atoms with E-state index in [0.29, 0.717) is 39.4 Å². The maximum Gasteiger partial charge on any atom is 0.333 e. The number of carbonyl (C=O) groups excluding carboxylic acids is 1. The average molecular weight is 479 g/mol. The second kappa shape index (κ2) is 8.51. The number of carbonyl (C=O) groups is 1. The summed E-state index contributed by atoms with van der Waals surface area (Å²) in [6.45, 7) is 9.24. The summed E-state index contributed by atoms with van der Waals surface area (Å²) in [5.41, 5.74) is 8.21. The van der Waals surface area contributed by atoms with Gasteiger partial charge in [-0.3, -0.25) is 0 Å². The molecule has 0 aromatic heterocycles. The molecule has 0 radical (unpaired) electrons. The Balaban J connectivity index is 2.34. The molecule has 1 heterocycles. The van der Waals surface area contributed by atoms with Crippen LogP contribution < -0.4 is 10.0 Å². The van der Waals surface area contributed by atoms with E-state index in [1.165, 1.54) is 6.07 Å². The van der Waals surface area contributed by atoms with Crippen molar-refractivity contribution in [3.8, 4) is 0 Å². The zero-order valence-corrected chi connectivity index (χ0v) is 20.7. The third kappa shape index (κ3) is 4.15. The van der Waals surface area contributed by atoms with E-state index in [4.69, 9.17) is 5.73 Å². The number of hydrogen-bond acceptors (Lipinski definition) is 5. The van der Waals surface area contributed by atoms with E-state index in [1.54, 1.807) is 25.1 Å². The summed E-state index contributed by atoms with van der Waals surface area (Å²) in [7, 11) is -8.08. The van der Waals surface area contributed by atoms with Crippen LogP contribution in [0.15, 0.2) is 40.1 Å². The van der Waals surface area contributed by atoms with Crippen molar-refractivity contribution in [3.05, 3.63) is 52.6 Å². The van der Waals surface area contributed by atoms with Crippen molar-refractivity contribution in [1.29, 1.82) is 0 Å². The molecule has 0 atom stereocenters. The number of benzene rings is 2. The van der Waals surface area contributed by atoms with Gasteiger partial charge in [0.25, 0.3) is 10.0 Å². The van der Waals surface area contributed by atoms with Gasteiger partial charge in [-0.15, -0.1) is 0 Å². The van der Waals surface area contributed by atoms with Crippen molar-refractivity contribution in [3.63, 3.8) is 0 Å². The number of fused-ring (bicyclic) bond motifs is 1. The third-order valence-corrected chi connectivity index (χ3v) is 9.53. The van der Waals surface area contributed by atoms with E-state index in [0.717, 1.165) is 0 Å². The predicted molar refractivity (Wildman–Crippen MR) is 125 cm³/mol. The summed E-state index contributed by atoms with van der Waals surface area (Å²) in [6, 6.07) is 7.03. The molecule has 0 bridgehead atoms. The smallest absolute Gasteiger partial charge is 0.333 e. The Labute approximate surface area is 190 Å². The second-order valence-corrected chi connectivity index (χ2v) is 12.7. The van der Waals surface area contributed by atoms with E-state index in [2.05, 4.69) is 0 Å². The van der Waals surface area contributed by atoms with Crippen LogP contribution in [0.2, 0.25) is 0 Å². The molecule has 3 rings (SSSR count). The molecule has 0 saturated carbocycles. The fraction of sp³-hybridized carbons (Fsp3) is 0.435. The van der Waals surface area contributed by atoms with Crippen LogP contribution in [0.4, 0.5) is 10.5 Å². The highest BCUT2D eigenvalue weighted by Crippen LogP contribution is 2.39. The number of amides is 2. The van der Waals surface area contributed by atoms with Crippen LogP contribution in [0.3, 0.4) is 0 Å². The normalized spacial score (nSPS) is 15.6. The SMILES string of the molecule is Cc1cc2c(cc1S(=O)(=O)N(C(N)=O)c1c(C(C)C)cccc1C(C)C)S(=O)(=O)CCC2. The van der Waals surface area contributed by atoms with E-state index >= 15 is 0 Å². The van der Waals surface area contributed by atoms with E-state index in [1.807, 2.05) is 33.8 Å². The number of sulfone groups is 1. The van der Waals surface area contributed by atoms with Gasteiger partial charge in [0.15, 0.2) is 9.84 Å². The summed E-state index contributed by atoms with van der Waals surface area (Å²) in [6.07, 6.45) is 1.05. The van der Waals surface area contributed by atoms with Crippen LogP contribution in [-0.2, 0) is 26.3 Å². The van der Waals surface area contributed by atoms with Gasteiger partial charge in [-0.1, -0.05) is 52.0 Å². The number of hydrogen-bond donors (Lipinski definition) is 1. The number of aryl methyl sites for hydroxylation is 2. The molecule has 2 N–H and O–H groups in total. The number of rotatable bonds is 5. The lowest BCUT2D eigenvalue weighted by Crippen LogP contribution is -2.42. The molecule has 0 spiro atoms. The van der Waals surface area contributed by atoms with Crippen molar-refractivity contribution in [2.24, 2.45) is 5.73 Å². The zero-order chi connectivity index (χ0) is 24.0. The number of anilines is 1. The number of sulfonamides is 1. The molecule has 2 aromatic carbocycles. The van der Waals surface area contributed by atoms with Gasteiger partial charge in [0.05, 0.1) is 21.2 Å². The largest absolute Gasteiger partial charge is 0.350 e. The lowest BCUT2D eigenvalue weighted by Gasteiger charge is -2.29. The molecular weight excluding hydrogens is 448 g/mol. The summed E-state index contributed by atoms with van der Waals surface area (Å²) >= 11 is 0. The summed E-state index contributed by atoms with van der Waals surface area (Å²) in [4.78, 5) is 12.4. The van der Waals surface area contributed by atoms with Gasteiger partial charge in [0.2, 0.25) is 0 Å². The molecule has 0 aliphatic carbocycles. The molecule has 9 heteroatoms. The minimum atomic E-state index is -4.49. The molecule has 2 aromatic rings. The maximum atomic E-state index is 13.9. The van der Waals surface area contributed by atoms with Crippen LogP contribution in [0.1, 0.15) is 68.2 Å². The standard InChI is InChI=1S/C23H30N2O5S2/c1-14(2)18-9-6-10-19(15(3)4)22(18)25(23(24)26)32(29,30)20-13-21-17(12-16(20)5)8-7-11-31(21,27)28/h6,9-10,12-15H,7-8,11H2,1-5H3,(H2,24,26). The van der Waals surface area contributed by atoms with Crippen LogP contribution in [0, 0.1) is 6.92 Å². The monoisotopic (exact) mass is 478 g/mol. The zero-order valence-electron chi connectivity index (χ0n) is 19.0. The van der Waals surface area contributed by atoms with Crippen LogP contribution >= 0.6 is 0 Å². The third-order valence-electron chi connectivity index (χ3n) is 5.82. The number of nitrogens with zero attached hydrogens (tertiary/aromatic N) is 1. The summed E-state index contributed by atoms with van der Waals surface area (Å²) < 4.78 is 53.6. The molecule has 0 saturated heterocycles. The number of primary amides is 1. The fourth-order valence-corrected chi connectivity index (χ4v) is 7.54. The molecule has 2 amide bonds. The Morgan fingerprint density at radius 2 is 1.62 bits per heavy atom. The van der Waals surface area contributed by atoms with Crippen LogP contribution in [0.25, 0.3) is 0 Å². The lowest BCUT2D eigenvalue weighted by atomic mass is 9.93. The first-order valence-electron chi connectivity index (χ1n) is 10.6. The second-order valence-electron chi connectivity index (χ2n) is 8.85. The first-order valence-corrected chi connectivity index (χ1v) is 13.7. The van der Waals surface area contributed by atoms with E-state index < -0.39 is 25.9 Å². The van der Waals surface area contributed by atoms with Gasteiger partial charge in [-0.25, -0.2) is 21.6 Å². The molecule has 0 unspecified atom stereocenters. The molecule has 1 aliphatic heterocycles. The highest BCUT2D eigenvalue weighted by molar-refractivity contribution is 7.94.